The number of hydrogen-bond donors (Lipinski definition) is 1. The molecule has 2 atom stereocenters. The predicted octanol–water partition coefficient (Wildman–Crippen LogP) is 4.85. The lowest BCUT2D eigenvalue weighted by Gasteiger charge is -2.36. The molecule has 1 aliphatic carbocycles. The van der Waals surface area contributed by atoms with Gasteiger partial charge in [0.2, 0.25) is 5.91 Å². The van der Waals surface area contributed by atoms with Gasteiger partial charge in [0.25, 0.3) is 5.91 Å². The van der Waals surface area contributed by atoms with Crippen LogP contribution in [-0.4, -0.2) is 41.6 Å². The lowest BCUT2D eigenvalue weighted by Crippen LogP contribution is -2.48. The average molecular weight is 466 g/mol. The summed E-state index contributed by atoms with van der Waals surface area (Å²) in [7, 11) is 0. The van der Waals surface area contributed by atoms with E-state index in [1.165, 1.54) is 6.42 Å². The summed E-state index contributed by atoms with van der Waals surface area (Å²) in [5.41, 5.74) is 0.528. The van der Waals surface area contributed by atoms with Gasteiger partial charge in [0.05, 0.1) is 12.1 Å². The summed E-state index contributed by atoms with van der Waals surface area (Å²) in [6.45, 7) is 8.31. The summed E-state index contributed by atoms with van der Waals surface area (Å²) >= 11 is 0. The maximum atomic E-state index is 13.2. The minimum atomic E-state index is -1.04. The second-order valence-electron chi connectivity index (χ2n) is 10.9. The fraction of sp³-hybridized carbons (Fsp3) is 0.643. The van der Waals surface area contributed by atoms with Crippen LogP contribution >= 0.6 is 0 Å². The fourth-order valence-electron chi connectivity index (χ4n) is 5.28. The normalized spacial score (nSPS) is 20.5. The summed E-state index contributed by atoms with van der Waals surface area (Å²) in [5, 5.41) is 12.4. The van der Waals surface area contributed by atoms with E-state index in [2.05, 4.69) is 11.4 Å². The Morgan fingerprint density at radius 2 is 1.79 bits per heavy atom. The molecule has 34 heavy (non-hydrogen) atoms. The second kappa shape index (κ2) is 11.2. The molecule has 2 fully saturated rings. The standard InChI is InChI=1S/C28H39N3O3/c1-19(2)25(32)24(20-10-6-5-7-11-20)30-26(33)22-13-8-12-21(16-22)23-14-9-15-31(17-23)27(34)28(3,4)18-29/h8,12-13,16,19-20,23-24H,5-7,9-11,14-15,17H2,1-4H3,(H,30,33). The van der Waals surface area contributed by atoms with Crippen LogP contribution in [0.15, 0.2) is 24.3 Å². The van der Waals surface area contributed by atoms with Crippen molar-refractivity contribution in [3.05, 3.63) is 35.4 Å². The molecule has 0 radical (unpaired) electrons. The summed E-state index contributed by atoms with van der Waals surface area (Å²) in [6.07, 6.45) is 7.17. The topological polar surface area (TPSA) is 90.3 Å². The van der Waals surface area contributed by atoms with Gasteiger partial charge in [0, 0.05) is 30.5 Å². The molecule has 1 aromatic rings. The van der Waals surface area contributed by atoms with Gasteiger partial charge in [0.1, 0.15) is 5.41 Å². The molecule has 1 aromatic carbocycles. The molecule has 184 valence electrons. The average Bonchev–Trinajstić information content (AvgIpc) is 2.86. The Morgan fingerprint density at radius 1 is 1.09 bits per heavy atom. The molecule has 3 rings (SSSR count). The van der Waals surface area contributed by atoms with Crippen molar-refractivity contribution in [2.45, 2.75) is 84.6 Å². The molecule has 1 saturated heterocycles. The highest BCUT2D eigenvalue weighted by molar-refractivity contribution is 5.98. The van der Waals surface area contributed by atoms with E-state index >= 15 is 0 Å². The van der Waals surface area contributed by atoms with Gasteiger partial charge in [-0.15, -0.1) is 0 Å². The molecular formula is C28H39N3O3. The maximum Gasteiger partial charge on any atom is 0.251 e. The molecule has 2 amide bonds. The van der Waals surface area contributed by atoms with E-state index in [1.54, 1.807) is 24.8 Å². The molecule has 6 nitrogen and oxygen atoms in total. The number of rotatable bonds is 7. The first-order valence-electron chi connectivity index (χ1n) is 12.8. The Labute approximate surface area is 204 Å². The number of carbonyl (C=O) groups is 3. The number of ketones is 1. The summed E-state index contributed by atoms with van der Waals surface area (Å²) < 4.78 is 0. The first-order valence-corrected chi connectivity index (χ1v) is 12.8. The van der Waals surface area contributed by atoms with E-state index in [9.17, 15) is 19.6 Å². The lowest BCUT2D eigenvalue weighted by atomic mass is 9.80. The quantitative estimate of drug-likeness (QED) is 0.623. The zero-order chi connectivity index (χ0) is 24.9. The van der Waals surface area contributed by atoms with Gasteiger partial charge in [-0.1, -0.05) is 45.2 Å². The molecule has 2 unspecified atom stereocenters. The van der Waals surface area contributed by atoms with Crippen molar-refractivity contribution >= 4 is 17.6 Å². The number of carbonyl (C=O) groups excluding carboxylic acids is 3. The van der Waals surface area contributed by atoms with Gasteiger partial charge in [-0.3, -0.25) is 14.4 Å². The first-order chi connectivity index (χ1) is 16.1. The largest absolute Gasteiger partial charge is 0.342 e. The highest BCUT2D eigenvalue weighted by Crippen LogP contribution is 2.31. The third kappa shape index (κ3) is 6.05. The maximum absolute atomic E-state index is 13.2. The molecular weight excluding hydrogens is 426 g/mol. The van der Waals surface area contributed by atoms with Crippen LogP contribution < -0.4 is 5.32 Å². The van der Waals surface area contributed by atoms with Crippen LogP contribution in [0.3, 0.4) is 0 Å². The molecule has 6 heteroatoms. The molecule has 1 heterocycles. The van der Waals surface area contributed by atoms with E-state index in [0.717, 1.165) is 44.1 Å². The van der Waals surface area contributed by atoms with Crippen molar-refractivity contribution in [3.8, 4) is 6.07 Å². The number of amides is 2. The smallest absolute Gasteiger partial charge is 0.251 e. The number of nitrogens with one attached hydrogen (secondary N) is 1. The summed E-state index contributed by atoms with van der Waals surface area (Å²) in [6, 6.07) is 9.25. The van der Waals surface area contributed by atoms with Crippen LogP contribution in [0.2, 0.25) is 0 Å². The van der Waals surface area contributed by atoms with E-state index in [1.807, 2.05) is 32.0 Å². The van der Waals surface area contributed by atoms with Crippen molar-refractivity contribution < 1.29 is 14.4 Å². The van der Waals surface area contributed by atoms with E-state index in [0.29, 0.717) is 18.7 Å². The van der Waals surface area contributed by atoms with Crippen molar-refractivity contribution in [1.82, 2.24) is 10.2 Å². The van der Waals surface area contributed by atoms with Crippen LogP contribution in [0.5, 0.6) is 0 Å². The van der Waals surface area contributed by atoms with E-state index in [4.69, 9.17) is 0 Å². The van der Waals surface area contributed by atoms with Crippen LogP contribution in [0.25, 0.3) is 0 Å². The Bertz CT molecular complexity index is 940. The van der Waals surface area contributed by atoms with Crippen molar-refractivity contribution in [1.29, 1.82) is 5.26 Å². The number of Topliss-reactive ketones (excluding diaryl/α,β-unsaturated/α-hetero) is 1. The Morgan fingerprint density at radius 3 is 2.44 bits per heavy atom. The van der Waals surface area contributed by atoms with Crippen LogP contribution in [-0.2, 0) is 9.59 Å². The molecule has 0 spiro atoms. The van der Waals surface area contributed by atoms with Crippen LogP contribution in [0.1, 0.15) is 94.5 Å². The minimum Gasteiger partial charge on any atom is -0.342 e. The number of benzene rings is 1. The van der Waals surface area contributed by atoms with Gasteiger partial charge in [-0.2, -0.15) is 5.26 Å². The number of nitriles is 1. The third-order valence-electron chi connectivity index (χ3n) is 7.43. The Kier molecular flexibility index (Phi) is 8.52. The number of piperidine rings is 1. The molecule has 1 N–H and O–H groups in total. The minimum absolute atomic E-state index is 0.109. The van der Waals surface area contributed by atoms with Gasteiger partial charge in [-0.05, 0) is 63.1 Å². The zero-order valence-corrected chi connectivity index (χ0v) is 21.1. The number of nitrogens with zero attached hydrogens (tertiary/aromatic N) is 2. The predicted molar refractivity (Wildman–Crippen MR) is 132 cm³/mol. The molecule has 0 aromatic heterocycles. The Hall–Kier alpha value is -2.68. The van der Waals surface area contributed by atoms with Crippen LogP contribution in [0.4, 0.5) is 0 Å². The molecule has 2 aliphatic rings. The highest BCUT2D eigenvalue weighted by atomic mass is 16.2. The monoisotopic (exact) mass is 465 g/mol. The van der Waals surface area contributed by atoms with E-state index in [-0.39, 0.29) is 35.4 Å². The van der Waals surface area contributed by atoms with Gasteiger partial charge in [-0.25, -0.2) is 0 Å². The number of likely N-dealkylation sites (tertiary alicyclic amines) is 1. The van der Waals surface area contributed by atoms with Crippen molar-refractivity contribution in [2.75, 3.05) is 13.1 Å². The van der Waals surface area contributed by atoms with Gasteiger partial charge in [0.15, 0.2) is 5.78 Å². The Balaban J connectivity index is 1.74. The molecule has 0 bridgehead atoms. The van der Waals surface area contributed by atoms with E-state index < -0.39 is 11.5 Å². The first kappa shape index (κ1) is 25.9. The fourth-order valence-corrected chi connectivity index (χ4v) is 5.28. The number of hydrogen-bond acceptors (Lipinski definition) is 4. The molecule has 1 aliphatic heterocycles. The highest BCUT2D eigenvalue weighted by Gasteiger charge is 2.35. The van der Waals surface area contributed by atoms with Gasteiger partial charge >= 0.3 is 0 Å². The lowest BCUT2D eigenvalue weighted by molar-refractivity contribution is -0.138. The SMILES string of the molecule is CC(C)C(=O)C(NC(=O)c1cccc(C2CCCN(C(=O)C(C)(C)C#N)C2)c1)C1CCCCC1. The second-order valence-corrected chi connectivity index (χ2v) is 10.9. The summed E-state index contributed by atoms with van der Waals surface area (Å²) in [5.74, 6) is -0.0413. The van der Waals surface area contributed by atoms with Gasteiger partial charge < -0.3 is 10.2 Å². The summed E-state index contributed by atoms with van der Waals surface area (Å²) in [4.78, 5) is 40.8. The zero-order valence-electron chi connectivity index (χ0n) is 21.1. The third-order valence-corrected chi connectivity index (χ3v) is 7.43. The van der Waals surface area contributed by atoms with Crippen molar-refractivity contribution in [2.24, 2.45) is 17.3 Å². The van der Waals surface area contributed by atoms with Crippen LogP contribution in [0, 0.1) is 28.6 Å². The molecule has 1 saturated carbocycles. The van der Waals surface area contributed by atoms with Crippen molar-refractivity contribution in [3.63, 3.8) is 0 Å².